The number of nitrogens with zero attached hydrogens (tertiary/aromatic N) is 3. The maximum atomic E-state index is 12.3. The van der Waals surface area contributed by atoms with Crippen LogP contribution in [0.4, 0.5) is 4.79 Å². The molecule has 2 fully saturated rings. The van der Waals surface area contributed by atoms with Crippen LogP contribution in [0.3, 0.4) is 0 Å². The van der Waals surface area contributed by atoms with E-state index in [-0.39, 0.29) is 6.09 Å². The molecule has 6 nitrogen and oxygen atoms in total. The standard InChI is InChI=1S/C20H38N4O2/c1-6-21-18(22-14-16-8-9-16)24-12-10-17(11-13-24)15-23(7-2)19(25)26-20(3,4)5/h16-17H,6-15H2,1-5H3,(H,21,22). The fourth-order valence-corrected chi connectivity index (χ4v) is 3.24. The summed E-state index contributed by atoms with van der Waals surface area (Å²) in [4.78, 5) is 21.4. The lowest BCUT2D eigenvalue weighted by atomic mass is 9.96. The van der Waals surface area contributed by atoms with Gasteiger partial charge in [0.05, 0.1) is 0 Å². The third kappa shape index (κ3) is 7.04. The van der Waals surface area contributed by atoms with Crippen molar-refractivity contribution in [1.82, 2.24) is 15.1 Å². The number of carbonyl (C=O) groups excluding carboxylic acids is 1. The van der Waals surface area contributed by atoms with E-state index in [1.54, 1.807) is 0 Å². The fourth-order valence-electron chi connectivity index (χ4n) is 3.24. The second-order valence-corrected chi connectivity index (χ2v) is 8.59. The maximum absolute atomic E-state index is 12.3. The molecule has 1 amide bonds. The maximum Gasteiger partial charge on any atom is 0.410 e. The highest BCUT2D eigenvalue weighted by Gasteiger charge is 2.27. The summed E-state index contributed by atoms with van der Waals surface area (Å²) in [5.74, 6) is 2.41. The summed E-state index contributed by atoms with van der Waals surface area (Å²) in [6.07, 6.45) is 4.66. The van der Waals surface area contributed by atoms with E-state index in [9.17, 15) is 4.79 Å². The van der Waals surface area contributed by atoms with Crippen molar-refractivity contribution in [2.75, 3.05) is 39.3 Å². The number of nitrogens with one attached hydrogen (secondary N) is 1. The summed E-state index contributed by atoms with van der Waals surface area (Å²) in [7, 11) is 0. The normalized spacial score (nSPS) is 19.4. The molecule has 1 saturated carbocycles. The van der Waals surface area contributed by atoms with E-state index in [4.69, 9.17) is 9.73 Å². The molecule has 0 bridgehead atoms. The molecule has 1 N–H and O–H groups in total. The predicted octanol–water partition coefficient (Wildman–Crippen LogP) is 3.33. The Hall–Kier alpha value is -1.46. The number of amides is 1. The van der Waals surface area contributed by atoms with Crippen LogP contribution in [0.5, 0.6) is 0 Å². The highest BCUT2D eigenvalue weighted by atomic mass is 16.6. The monoisotopic (exact) mass is 366 g/mol. The fraction of sp³-hybridized carbons (Fsp3) is 0.900. The second kappa shape index (κ2) is 9.47. The van der Waals surface area contributed by atoms with Crippen molar-refractivity contribution in [3.63, 3.8) is 0 Å². The lowest BCUT2D eigenvalue weighted by Gasteiger charge is -2.36. The van der Waals surface area contributed by atoms with Crippen LogP contribution in [0.2, 0.25) is 0 Å². The SMILES string of the molecule is CCNC(=NCC1CC1)N1CCC(CN(CC)C(=O)OC(C)(C)C)CC1. The Balaban J connectivity index is 1.82. The van der Waals surface area contributed by atoms with Gasteiger partial charge in [-0.2, -0.15) is 0 Å². The van der Waals surface area contributed by atoms with Gasteiger partial charge in [-0.25, -0.2) is 4.79 Å². The molecule has 1 aliphatic carbocycles. The molecule has 0 radical (unpaired) electrons. The van der Waals surface area contributed by atoms with Crippen molar-refractivity contribution in [3.8, 4) is 0 Å². The first-order valence-electron chi connectivity index (χ1n) is 10.3. The van der Waals surface area contributed by atoms with E-state index in [1.165, 1.54) is 12.8 Å². The average molecular weight is 367 g/mol. The van der Waals surface area contributed by atoms with Crippen molar-refractivity contribution in [2.45, 2.75) is 65.9 Å². The van der Waals surface area contributed by atoms with E-state index < -0.39 is 5.60 Å². The van der Waals surface area contributed by atoms with Gasteiger partial charge in [0, 0.05) is 39.3 Å². The minimum atomic E-state index is -0.438. The van der Waals surface area contributed by atoms with Crippen molar-refractivity contribution in [3.05, 3.63) is 0 Å². The Bertz CT molecular complexity index is 475. The summed E-state index contributed by atoms with van der Waals surface area (Å²) in [6.45, 7) is 15.3. The van der Waals surface area contributed by atoms with E-state index in [0.29, 0.717) is 12.5 Å². The number of hydrogen-bond donors (Lipinski definition) is 1. The van der Waals surface area contributed by atoms with Crippen molar-refractivity contribution < 1.29 is 9.53 Å². The van der Waals surface area contributed by atoms with Gasteiger partial charge in [-0.05, 0) is 72.1 Å². The number of rotatable bonds is 6. The molecule has 0 aromatic carbocycles. The van der Waals surface area contributed by atoms with Gasteiger partial charge in [0.15, 0.2) is 5.96 Å². The zero-order valence-electron chi connectivity index (χ0n) is 17.4. The number of piperidine rings is 1. The van der Waals surface area contributed by atoms with Gasteiger partial charge in [-0.1, -0.05) is 0 Å². The first-order valence-corrected chi connectivity index (χ1v) is 10.3. The molecule has 1 heterocycles. The smallest absolute Gasteiger partial charge is 0.410 e. The Morgan fingerprint density at radius 1 is 1.15 bits per heavy atom. The topological polar surface area (TPSA) is 57.2 Å². The minimum Gasteiger partial charge on any atom is -0.444 e. The Morgan fingerprint density at radius 2 is 1.81 bits per heavy atom. The summed E-state index contributed by atoms with van der Waals surface area (Å²) >= 11 is 0. The average Bonchev–Trinajstić information content (AvgIpc) is 3.40. The van der Waals surface area contributed by atoms with E-state index >= 15 is 0 Å². The Kier molecular flexibility index (Phi) is 7.59. The number of carbonyl (C=O) groups is 1. The van der Waals surface area contributed by atoms with Crippen LogP contribution in [0.15, 0.2) is 4.99 Å². The molecule has 150 valence electrons. The minimum absolute atomic E-state index is 0.193. The molecule has 0 spiro atoms. The first-order chi connectivity index (χ1) is 12.3. The Morgan fingerprint density at radius 3 is 2.31 bits per heavy atom. The van der Waals surface area contributed by atoms with Crippen molar-refractivity contribution in [2.24, 2.45) is 16.8 Å². The van der Waals surface area contributed by atoms with Gasteiger partial charge < -0.3 is 19.9 Å². The lowest BCUT2D eigenvalue weighted by molar-refractivity contribution is 0.0214. The highest BCUT2D eigenvalue weighted by molar-refractivity contribution is 5.80. The molecule has 1 aliphatic heterocycles. The van der Waals surface area contributed by atoms with Crippen molar-refractivity contribution >= 4 is 12.1 Å². The lowest BCUT2D eigenvalue weighted by Crippen LogP contribution is -2.48. The molecular weight excluding hydrogens is 328 g/mol. The van der Waals surface area contributed by atoms with Crippen LogP contribution in [0.25, 0.3) is 0 Å². The largest absolute Gasteiger partial charge is 0.444 e. The molecule has 0 aromatic rings. The van der Waals surface area contributed by atoms with Crippen molar-refractivity contribution in [1.29, 1.82) is 0 Å². The first kappa shape index (κ1) is 20.8. The van der Waals surface area contributed by atoms with E-state index in [1.807, 2.05) is 32.6 Å². The summed E-state index contributed by atoms with van der Waals surface area (Å²) < 4.78 is 5.53. The van der Waals surface area contributed by atoms with Crippen LogP contribution < -0.4 is 5.32 Å². The van der Waals surface area contributed by atoms with E-state index in [2.05, 4.69) is 17.1 Å². The molecule has 2 rings (SSSR count). The molecule has 0 atom stereocenters. The molecule has 0 aromatic heterocycles. The van der Waals surface area contributed by atoms with Gasteiger partial charge >= 0.3 is 6.09 Å². The Labute approximate surface area is 159 Å². The van der Waals surface area contributed by atoms with Gasteiger partial charge in [0.2, 0.25) is 0 Å². The second-order valence-electron chi connectivity index (χ2n) is 8.59. The van der Waals surface area contributed by atoms with Gasteiger partial charge in [0.1, 0.15) is 5.60 Å². The highest BCUT2D eigenvalue weighted by Crippen LogP contribution is 2.29. The van der Waals surface area contributed by atoms with Crippen LogP contribution in [0, 0.1) is 11.8 Å². The number of hydrogen-bond acceptors (Lipinski definition) is 3. The summed E-state index contributed by atoms with van der Waals surface area (Å²) in [6, 6.07) is 0. The quantitative estimate of drug-likeness (QED) is 0.579. The molecule has 0 unspecified atom stereocenters. The van der Waals surface area contributed by atoms with Crippen LogP contribution in [-0.4, -0.2) is 66.7 Å². The number of ether oxygens (including phenoxy) is 1. The third-order valence-electron chi connectivity index (χ3n) is 4.96. The molecule has 6 heteroatoms. The molecule has 26 heavy (non-hydrogen) atoms. The predicted molar refractivity (Wildman–Crippen MR) is 106 cm³/mol. The zero-order chi connectivity index (χ0) is 19.2. The zero-order valence-corrected chi connectivity index (χ0v) is 17.4. The van der Waals surface area contributed by atoms with Gasteiger partial charge in [-0.15, -0.1) is 0 Å². The van der Waals surface area contributed by atoms with Crippen LogP contribution in [-0.2, 0) is 4.74 Å². The summed E-state index contributed by atoms with van der Waals surface area (Å²) in [5.41, 5.74) is -0.438. The number of guanidine groups is 1. The van der Waals surface area contributed by atoms with Gasteiger partial charge in [0.25, 0.3) is 0 Å². The van der Waals surface area contributed by atoms with Crippen LogP contribution >= 0.6 is 0 Å². The van der Waals surface area contributed by atoms with E-state index in [0.717, 1.165) is 57.4 Å². The van der Waals surface area contributed by atoms with Gasteiger partial charge in [-0.3, -0.25) is 4.99 Å². The van der Waals surface area contributed by atoms with Crippen LogP contribution in [0.1, 0.15) is 60.3 Å². The molecule has 1 saturated heterocycles. The summed E-state index contributed by atoms with van der Waals surface area (Å²) in [5, 5.41) is 3.44. The molecule has 2 aliphatic rings. The number of likely N-dealkylation sites (tertiary alicyclic amines) is 1. The number of aliphatic imine (C=N–C) groups is 1. The third-order valence-corrected chi connectivity index (χ3v) is 4.96. The molecular formula is C20H38N4O2.